The molecule has 0 bridgehead atoms. The molecule has 0 unspecified atom stereocenters. The predicted octanol–water partition coefficient (Wildman–Crippen LogP) is -0.196. The molecule has 0 aliphatic carbocycles. The number of nitrogens with zero attached hydrogens (tertiary/aromatic N) is 1. The highest BCUT2D eigenvalue weighted by molar-refractivity contribution is 5.87. The first-order valence-corrected chi connectivity index (χ1v) is 4.22. The van der Waals surface area contributed by atoms with Gasteiger partial charge in [-0.25, -0.2) is 4.79 Å². The second-order valence-corrected chi connectivity index (χ2v) is 3.01. The number of hydrogen-bond donors (Lipinski definition) is 2. The summed E-state index contributed by atoms with van der Waals surface area (Å²) >= 11 is 0. The minimum absolute atomic E-state index is 0.130. The van der Waals surface area contributed by atoms with Crippen molar-refractivity contribution in [1.29, 1.82) is 0 Å². The van der Waals surface area contributed by atoms with Gasteiger partial charge in [-0.3, -0.25) is 0 Å². The number of carbonyl (C=O) groups is 1. The largest absolute Gasteiger partial charge is 0.464 e. The molecule has 0 fully saturated rings. The molecule has 0 amide bonds. The van der Waals surface area contributed by atoms with Gasteiger partial charge in [0.2, 0.25) is 0 Å². The number of aliphatic hydroxyl groups excluding tert-OH is 1. The highest BCUT2D eigenvalue weighted by atomic mass is 16.5. The molecule has 0 saturated heterocycles. The van der Waals surface area contributed by atoms with Crippen molar-refractivity contribution >= 4 is 5.97 Å². The Balaban J connectivity index is 2.98. The van der Waals surface area contributed by atoms with Crippen LogP contribution in [0.15, 0.2) is 12.3 Å². The second kappa shape index (κ2) is 4.26. The van der Waals surface area contributed by atoms with Crippen LogP contribution < -0.4 is 5.73 Å². The summed E-state index contributed by atoms with van der Waals surface area (Å²) in [5.74, 6) is -0.428. The van der Waals surface area contributed by atoms with Crippen molar-refractivity contribution in [3.63, 3.8) is 0 Å². The van der Waals surface area contributed by atoms with Crippen LogP contribution in [0, 0.1) is 0 Å². The Labute approximate surface area is 82.1 Å². The number of aryl methyl sites for hydroxylation is 1. The van der Waals surface area contributed by atoms with Gasteiger partial charge in [-0.05, 0) is 6.07 Å². The van der Waals surface area contributed by atoms with Crippen molar-refractivity contribution in [2.24, 2.45) is 12.8 Å². The third-order valence-electron chi connectivity index (χ3n) is 2.03. The molecule has 0 radical (unpaired) electrons. The monoisotopic (exact) mass is 198 g/mol. The fourth-order valence-corrected chi connectivity index (χ4v) is 1.22. The van der Waals surface area contributed by atoms with Gasteiger partial charge >= 0.3 is 5.97 Å². The number of rotatable bonds is 3. The predicted molar refractivity (Wildman–Crippen MR) is 50.8 cm³/mol. The summed E-state index contributed by atoms with van der Waals surface area (Å²) in [7, 11) is 3.02. The number of aliphatic hydroxyl groups is 1. The molecule has 0 saturated carbocycles. The minimum atomic E-state index is -0.736. The topological polar surface area (TPSA) is 77.5 Å². The zero-order chi connectivity index (χ0) is 10.7. The van der Waals surface area contributed by atoms with E-state index in [2.05, 4.69) is 4.74 Å². The third kappa shape index (κ3) is 1.94. The first-order valence-electron chi connectivity index (χ1n) is 4.22. The van der Waals surface area contributed by atoms with E-state index in [9.17, 15) is 9.90 Å². The summed E-state index contributed by atoms with van der Waals surface area (Å²) in [6.07, 6.45) is 0.920. The van der Waals surface area contributed by atoms with Gasteiger partial charge in [-0.1, -0.05) is 0 Å². The van der Waals surface area contributed by atoms with E-state index in [1.807, 2.05) is 0 Å². The van der Waals surface area contributed by atoms with Crippen molar-refractivity contribution < 1.29 is 14.6 Å². The maximum Gasteiger partial charge on any atom is 0.354 e. The number of carbonyl (C=O) groups excluding carboxylic acids is 1. The van der Waals surface area contributed by atoms with Gasteiger partial charge in [-0.15, -0.1) is 0 Å². The van der Waals surface area contributed by atoms with E-state index in [0.29, 0.717) is 11.3 Å². The highest BCUT2D eigenvalue weighted by Crippen LogP contribution is 2.15. The second-order valence-electron chi connectivity index (χ2n) is 3.01. The summed E-state index contributed by atoms with van der Waals surface area (Å²) in [5.41, 5.74) is 6.32. The Kier molecular flexibility index (Phi) is 3.27. The van der Waals surface area contributed by atoms with Crippen LogP contribution in [-0.2, 0) is 11.8 Å². The summed E-state index contributed by atoms with van der Waals surface area (Å²) < 4.78 is 6.17. The van der Waals surface area contributed by atoms with Crippen molar-refractivity contribution in [3.8, 4) is 0 Å². The van der Waals surface area contributed by atoms with Gasteiger partial charge < -0.3 is 20.1 Å². The zero-order valence-corrected chi connectivity index (χ0v) is 8.23. The van der Waals surface area contributed by atoms with Gasteiger partial charge in [0.1, 0.15) is 5.69 Å². The summed E-state index contributed by atoms with van der Waals surface area (Å²) in [6, 6.07) is 1.57. The van der Waals surface area contributed by atoms with E-state index in [0.717, 1.165) is 0 Å². The number of methoxy groups -OCH3 is 1. The number of hydrogen-bond acceptors (Lipinski definition) is 4. The number of esters is 1. The van der Waals surface area contributed by atoms with Crippen LogP contribution in [-0.4, -0.2) is 29.3 Å². The van der Waals surface area contributed by atoms with Crippen LogP contribution in [0.5, 0.6) is 0 Å². The van der Waals surface area contributed by atoms with Crippen molar-refractivity contribution in [2.75, 3.05) is 13.7 Å². The Hall–Kier alpha value is -1.33. The molecule has 3 N–H and O–H groups in total. The van der Waals surface area contributed by atoms with E-state index in [1.54, 1.807) is 23.9 Å². The number of aromatic nitrogens is 1. The van der Waals surface area contributed by atoms with Gasteiger partial charge in [-0.2, -0.15) is 0 Å². The number of nitrogens with two attached hydrogens (primary N) is 1. The molecule has 1 rings (SSSR count). The van der Waals surface area contributed by atoms with Gasteiger partial charge in [0.15, 0.2) is 0 Å². The average Bonchev–Trinajstić information content (AvgIpc) is 2.58. The van der Waals surface area contributed by atoms with Crippen molar-refractivity contribution in [3.05, 3.63) is 23.5 Å². The van der Waals surface area contributed by atoms with E-state index >= 15 is 0 Å². The third-order valence-corrected chi connectivity index (χ3v) is 2.03. The smallest absolute Gasteiger partial charge is 0.354 e. The SMILES string of the molecule is COC(=O)c1cc([C@@H](O)CN)cn1C. The normalized spacial score (nSPS) is 12.6. The molecular formula is C9H14N2O3. The molecule has 1 atom stereocenters. The summed E-state index contributed by atoms with van der Waals surface area (Å²) in [5, 5.41) is 9.43. The van der Waals surface area contributed by atoms with Crippen LogP contribution in [0.4, 0.5) is 0 Å². The van der Waals surface area contributed by atoms with E-state index < -0.39 is 12.1 Å². The van der Waals surface area contributed by atoms with Crippen LogP contribution in [0.25, 0.3) is 0 Å². The first kappa shape index (κ1) is 10.7. The molecule has 0 aliphatic rings. The Morgan fingerprint density at radius 2 is 2.43 bits per heavy atom. The minimum Gasteiger partial charge on any atom is -0.464 e. The van der Waals surface area contributed by atoms with Gasteiger partial charge in [0, 0.05) is 25.4 Å². The summed E-state index contributed by atoms with van der Waals surface area (Å²) in [6.45, 7) is 0.130. The fraction of sp³-hybridized carbons (Fsp3) is 0.444. The first-order chi connectivity index (χ1) is 6.60. The van der Waals surface area contributed by atoms with Gasteiger partial charge in [0.25, 0.3) is 0 Å². The maximum absolute atomic E-state index is 11.2. The molecule has 5 nitrogen and oxygen atoms in total. The molecule has 5 heteroatoms. The van der Waals surface area contributed by atoms with Crippen molar-refractivity contribution in [2.45, 2.75) is 6.10 Å². The van der Waals surface area contributed by atoms with Gasteiger partial charge in [0.05, 0.1) is 13.2 Å². The van der Waals surface area contributed by atoms with Crippen LogP contribution in [0.2, 0.25) is 0 Å². The Bertz CT molecular complexity index is 333. The molecule has 1 aromatic rings. The van der Waals surface area contributed by atoms with Crippen LogP contribution >= 0.6 is 0 Å². The lowest BCUT2D eigenvalue weighted by Crippen LogP contribution is -2.10. The Morgan fingerprint density at radius 1 is 1.79 bits per heavy atom. The molecule has 1 aromatic heterocycles. The lowest BCUT2D eigenvalue weighted by Gasteiger charge is -2.02. The van der Waals surface area contributed by atoms with Crippen LogP contribution in [0.1, 0.15) is 22.2 Å². The molecule has 14 heavy (non-hydrogen) atoms. The molecule has 1 heterocycles. The maximum atomic E-state index is 11.2. The highest BCUT2D eigenvalue weighted by Gasteiger charge is 2.15. The lowest BCUT2D eigenvalue weighted by atomic mass is 10.2. The van der Waals surface area contributed by atoms with Crippen LogP contribution in [0.3, 0.4) is 0 Å². The molecule has 0 aromatic carbocycles. The fourth-order valence-electron chi connectivity index (χ4n) is 1.22. The lowest BCUT2D eigenvalue weighted by molar-refractivity contribution is 0.0590. The molecule has 0 aliphatic heterocycles. The molecule has 0 spiro atoms. The standard InChI is InChI=1S/C9H14N2O3/c1-11-5-6(8(12)4-10)3-7(11)9(13)14-2/h3,5,8,12H,4,10H2,1-2H3/t8-/m0/s1. The van der Waals surface area contributed by atoms with E-state index in [4.69, 9.17) is 5.73 Å². The zero-order valence-electron chi connectivity index (χ0n) is 8.23. The number of ether oxygens (including phenoxy) is 1. The summed E-state index contributed by atoms with van der Waals surface area (Å²) in [4.78, 5) is 11.2. The average molecular weight is 198 g/mol. The Morgan fingerprint density at radius 3 is 2.93 bits per heavy atom. The quantitative estimate of drug-likeness (QED) is 0.659. The van der Waals surface area contributed by atoms with Crippen molar-refractivity contribution in [1.82, 2.24) is 4.57 Å². The molecular weight excluding hydrogens is 184 g/mol. The van der Waals surface area contributed by atoms with E-state index in [-0.39, 0.29) is 6.54 Å². The van der Waals surface area contributed by atoms with E-state index in [1.165, 1.54) is 7.11 Å². The molecule has 78 valence electrons.